The second kappa shape index (κ2) is 2.39. The van der Waals surface area contributed by atoms with Crippen LogP contribution in [0.2, 0.25) is 0 Å². The molecule has 9 heavy (non-hydrogen) atoms. The first-order chi connectivity index (χ1) is 4.27. The lowest BCUT2D eigenvalue weighted by atomic mass is 10.6. The van der Waals surface area contributed by atoms with Crippen molar-refractivity contribution in [2.45, 2.75) is 5.25 Å². The van der Waals surface area contributed by atoms with E-state index in [-0.39, 0.29) is 0 Å². The zero-order chi connectivity index (χ0) is 6.74. The van der Waals surface area contributed by atoms with Crippen molar-refractivity contribution in [2.24, 2.45) is 4.99 Å². The summed E-state index contributed by atoms with van der Waals surface area (Å²) in [5.74, 6) is 0. The Hall–Kier alpha value is -0.510. The van der Waals surface area contributed by atoms with Crippen LogP contribution in [0.5, 0.6) is 0 Å². The number of allylic oxidation sites excluding steroid dienone is 1. The van der Waals surface area contributed by atoms with Gasteiger partial charge in [0.05, 0.1) is 0 Å². The van der Waals surface area contributed by atoms with Gasteiger partial charge in [-0.05, 0) is 12.3 Å². The normalized spacial score (nSPS) is 32.2. The highest BCUT2D eigenvalue weighted by atomic mass is 32.2. The summed E-state index contributed by atoms with van der Waals surface area (Å²) < 4.78 is 12.9. The van der Waals surface area contributed by atoms with E-state index in [2.05, 4.69) is 10.3 Å². The molecule has 1 unspecified atom stereocenters. The highest BCUT2D eigenvalue weighted by molar-refractivity contribution is 7.99. The van der Waals surface area contributed by atoms with E-state index in [0.717, 1.165) is 11.8 Å². The van der Waals surface area contributed by atoms with Gasteiger partial charge in [-0.2, -0.15) is 4.39 Å². The first kappa shape index (κ1) is 6.61. The van der Waals surface area contributed by atoms with Gasteiger partial charge in [0.2, 0.25) is 0 Å². The van der Waals surface area contributed by atoms with Crippen LogP contribution in [-0.4, -0.2) is 17.7 Å². The minimum absolute atomic E-state index is 1.02. The van der Waals surface area contributed by atoms with E-state index < -0.39 is 5.25 Å². The molecule has 0 radical (unpaired) electrons. The fourth-order valence-corrected chi connectivity index (χ4v) is 0.834. The van der Waals surface area contributed by atoms with Crippen LogP contribution in [0.4, 0.5) is 4.39 Å². The van der Waals surface area contributed by atoms with Crippen LogP contribution >= 0.6 is 11.8 Å². The fraction of sp³-hybridized carbons (Fsp3) is 0.400. The standard InChI is InChI=1S/C5H7FN2S/c1-9-5(6)7-3-2-4-8-5/h2-4,7H,1H3. The molecular formula is C5H7FN2S. The SMILES string of the molecule is CSC1(F)N=CC=CN1. The van der Waals surface area contributed by atoms with Crippen LogP contribution < -0.4 is 5.32 Å². The number of aliphatic imine (C=N–C) groups is 1. The molecule has 1 heterocycles. The van der Waals surface area contributed by atoms with Crippen molar-refractivity contribution in [3.05, 3.63) is 12.3 Å². The summed E-state index contributed by atoms with van der Waals surface area (Å²) in [6, 6.07) is 0. The molecule has 0 saturated carbocycles. The Morgan fingerprint density at radius 3 is 2.89 bits per heavy atom. The molecule has 2 nitrogen and oxygen atoms in total. The molecule has 0 fully saturated rings. The summed E-state index contributed by atoms with van der Waals surface area (Å²) in [7, 11) is 0. The summed E-state index contributed by atoms with van der Waals surface area (Å²) in [4.78, 5) is 3.55. The van der Waals surface area contributed by atoms with E-state index in [1.54, 1.807) is 12.3 Å². The lowest BCUT2D eigenvalue weighted by Gasteiger charge is -2.19. The van der Waals surface area contributed by atoms with Gasteiger partial charge in [0.15, 0.2) is 0 Å². The molecule has 0 aromatic heterocycles. The van der Waals surface area contributed by atoms with Crippen molar-refractivity contribution in [2.75, 3.05) is 6.26 Å². The first-order valence-corrected chi connectivity index (χ1v) is 3.71. The number of nitrogens with zero attached hydrogens (tertiary/aromatic N) is 1. The Balaban J connectivity index is 2.63. The third-order valence-corrected chi connectivity index (χ3v) is 1.72. The summed E-state index contributed by atoms with van der Waals surface area (Å²) in [6.45, 7) is 0. The average molecular weight is 146 g/mol. The van der Waals surface area contributed by atoms with Crippen molar-refractivity contribution in [3.63, 3.8) is 0 Å². The molecule has 0 saturated heterocycles. The Bertz CT molecular complexity index is 157. The maximum absolute atomic E-state index is 12.9. The van der Waals surface area contributed by atoms with Crippen LogP contribution in [0.3, 0.4) is 0 Å². The molecule has 1 rings (SSSR count). The first-order valence-electron chi connectivity index (χ1n) is 2.49. The molecular weight excluding hydrogens is 139 g/mol. The lowest BCUT2D eigenvalue weighted by Crippen LogP contribution is -2.32. The minimum Gasteiger partial charge on any atom is -0.332 e. The minimum atomic E-state index is -1.63. The van der Waals surface area contributed by atoms with E-state index in [1.807, 2.05) is 0 Å². The van der Waals surface area contributed by atoms with Crippen molar-refractivity contribution in [3.8, 4) is 0 Å². The fourth-order valence-electron chi connectivity index (χ4n) is 0.482. The smallest absolute Gasteiger partial charge is 0.324 e. The van der Waals surface area contributed by atoms with Crippen LogP contribution in [0.25, 0.3) is 0 Å². The number of halogens is 1. The third kappa shape index (κ3) is 1.45. The van der Waals surface area contributed by atoms with Crippen molar-refractivity contribution >= 4 is 18.0 Å². The molecule has 4 heteroatoms. The number of hydrogen-bond donors (Lipinski definition) is 1. The van der Waals surface area contributed by atoms with Crippen molar-refractivity contribution < 1.29 is 4.39 Å². The van der Waals surface area contributed by atoms with Gasteiger partial charge in [0.25, 0.3) is 0 Å². The molecule has 1 aliphatic rings. The van der Waals surface area contributed by atoms with Crippen LogP contribution in [-0.2, 0) is 0 Å². The quantitative estimate of drug-likeness (QED) is 0.560. The number of rotatable bonds is 1. The Kier molecular flexibility index (Phi) is 1.75. The zero-order valence-corrected chi connectivity index (χ0v) is 5.78. The number of nitrogens with one attached hydrogen (secondary N) is 1. The molecule has 1 aliphatic heterocycles. The van der Waals surface area contributed by atoms with Gasteiger partial charge in [-0.25, -0.2) is 4.99 Å². The van der Waals surface area contributed by atoms with Crippen molar-refractivity contribution in [1.82, 2.24) is 5.32 Å². The molecule has 0 aromatic carbocycles. The zero-order valence-electron chi connectivity index (χ0n) is 4.97. The topological polar surface area (TPSA) is 24.4 Å². The van der Waals surface area contributed by atoms with Gasteiger partial charge >= 0.3 is 5.25 Å². The highest BCUT2D eigenvalue weighted by Crippen LogP contribution is 2.23. The molecule has 0 aromatic rings. The van der Waals surface area contributed by atoms with E-state index in [9.17, 15) is 4.39 Å². The predicted molar refractivity (Wildman–Crippen MR) is 38.1 cm³/mol. The Morgan fingerprint density at radius 1 is 1.78 bits per heavy atom. The predicted octanol–water partition coefficient (Wildman–Crippen LogP) is 1.12. The van der Waals surface area contributed by atoms with Gasteiger partial charge in [-0.15, -0.1) is 0 Å². The Labute approximate surface area is 57.2 Å². The number of hydrogen-bond acceptors (Lipinski definition) is 3. The van der Waals surface area contributed by atoms with E-state index in [0.29, 0.717) is 0 Å². The molecule has 0 aliphatic carbocycles. The monoisotopic (exact) mass is 146 g/mol. The third-order valence-electron chi connectivity index (χ3n) is 0.955. The van der Waals surface area contributed by atoms with Crippen LogP contribution in [0.15, 0.2) is 17.3 Å². The lowest BCUT2D eigenvalue weighted by molar-refractivity contribution is 0.269. The summed E-state index contributed by atoms with van der Waals surface area (Å²) >= 11 is 1.02. The van der Waals surface area contributed by atoms with Crippen LogP contribution in [0.1, 0.15) is 0 Å². The maximum Gasteiger partial charge on any atom is 0.324 e. The average Bonchev–Trinajstić information content (AvgIpc) is 1.90. The molecule has 50 valence electrons. The molecule has 1 N–H and O–H groups in total. The highest BCUT2D eigenvalue weighted by Gasteiger charge is 2.25. The second-order valence-corrected chi connectivity index (χ2v) is 2.50. The van der Waals surface area contributed by atoms with E-state index in [1.165, 1.54) is 12.4 Å². The molecule has 0 bridgehead atoms. The largest absolute Gasteiger partial charge is 0.332 e. The van der Waals surface area contributed by atoms with Gasteiger partial charge in [-0.1, -0.05) is 11.8 Å². The summed E-state index contributed by atoms with van der Waals surface area (Å²) in [5.41, 5.74) is 0. The maximum atomic E-state index is 12.9. The van der Waals surface area contributed by atoms with Crippen molar-refractivity contribution in [1.29, 1.82) is 0 Å². The van der Waals surface area contributed by atoms with Gasteiger partial charge in [0, 0.05) is 12.4 Å². The second-order valence-electron chi connectivity index (χ2n) is 1.55. The van der Waals surface area contributed by atoms with E-state index in [4.69, 9.17) is 0 Å². The number of alkyl halides is 1. The van der Waals surface area contributed by atoms with Gasteiger partial charge in [-0.3, -0.25) is 0 Å². The summed E-state index contributed by atoms with van der Waals surface area (Å²) in [6.07, 6.45) is 6.27. The molecule has 0 spiro atoms. The molecule has 0 amide bonds. The van der Waals surface area contributed by atoms with E-state index >= 15 is 0 Å². The van der Waals surface area contributed by atoms with Crippen LogP contribution in [0, 0.1) is 0 Å². The summed E-state index contributed by atoms with van der Waals surface area (Å²) in [5, 5.41) is 0.833. The molecule has 1 atom stereocenters. The van der Waals surface area contributed by atoms with Gasteiger partial charge < -0.3 is 5.32 Å². The van der Waals surface area contributed by atoms with Gasteiger partial charge in [0.1, 0.15) is 0 Å². The number of thioether (sulfide) groups is 1. The Morgan fingerprint density at radius 2 is 2.56 bits per heavy atom.